The van der Waals surface area contributed by atoms with Gasteiger partial charge in [0.1, 0.15) is 5.75 Å². The summed E-state index contributed by atoms with van der Waals surface area (Å²) in [5, 5.41) is 8.96. The highest BCUT2D eigenvalue weighted by Crippen LogP contribution is 2.36. The first-order valence-corrected chi connectivity index (χ1v) is 7.87. The highest BCUT2D eigenvalue weighted by atomic mass is 16.5. The maximum absolute atomic E-state index is 11.8. The zero-order chi connectivity index (χ0) is 16.9. The van der Waals surface area contributed by atoms with Crippen LogP contribution in [-0.2, 0) is 4.79 Å². The lowest BCUT2D eigenvalue weighted by molar-refractivity contribution is -0.131. The zero-order valence-corrected chi connectivity index (χ0v) is 14.1. The standard InChI is InChI=1S/C18H26O4/c1-6-7-8-22-17-14(11(2)3)9-13(16(19)18(20)21)10-15(17)12(4)5/h9-12H,6-8H2,1-5H3,(H,20,21). The van der Waals surface area contributed by atoms with E-state index in [1.807, 2.05) is 27.7 Å². The fourth-order valence-electron chi connectivity index (χ4n) is 2.27. The van der Waals surface area contributed by atoms with Gasteiger partial charge >= 0.3 is 5.97 Å². The number of hydrogen-bond donors (Lipinski definition) is 1. The van der Waals surface area contributed by atoms with E-state index in [-0.39, 0.29) is 17.4 Å². The topological polar surface area (TPSA) is 63.6 Å². The Balaban J connectivity index is 3.39. The first-order chi connectivity index (χ1) is 10.3. The van der Waals surface area contributed by atoms with Crippen molar-refractivity contribution >= 4 is 11.8 Å². The smallest absolute Gasteiger partial charge is 0.377 e. The average molecular weight is 306 g/mol. The zero-order valence-electron chi connectivity index (χ0n) is 14.1. The van der Waals surface area contributed by atoms with E-state index in [1.165, 1.54) is 0 Å². The molecule has 0 fully saturated rings. The van der Waals surface area contributed by atoms with Gasteiger partial charge in [-0.2, -0.15) is 0 Å². The van der Waals surface area contributed by atoms with Gasteiger partial charge in [-0.3, -0.25) is 4.79 Å². The molecule has 0 saturated carbocycles. The number of ketones is 1. The number of Topliss-reactive ketones (excluding diaryl/α,β-unsaturated/α-hetero) is 1. The monoisotopic (exact) mass is 306 g/mol. The Bertz CT molecular complexity index is 515. The van der Waals surface area contributed by atoms with E-state index in [0.29, 0.717) is 6.61 Å². The van der Waals surface area contributed by atoms with Crippen LogP contribution in [0.4, 0.5) is 0 Å². The van der Waals surface area contributed by atoms with Crippen LogP contribution in [0, 0.1) is 0 Å². The lowest BCUT2D eigenvalue weighted by atomic mass is 9.90. The lowest BCUT2D eigenvalue weighted by Crippen LogP contribution is -2.15. The summed E-state index contributed by atoms with van der Waals surface area (Å²) in [6.07, 6.45) is 2.01. The van der Waals surface area contributed by atoms with Crippen LogP contribution in [-0.4, -0.2) is 23.5 Å². The van der Waals surface area contributed by atoms with Crippen LogP contribution in [0.1, 0.15) is 80.8 Å². The number of benzene rings is 1. The molecule has 0 aromatic heterocycles. The Kier molecular flexibility index (Phi) is 6.60. The van der Waals surface area contributed by atoms with E-state index in [1.54, 1.807) is 12.1 Å². The molecule has 0 radical (unpaired) electrons. The van der Waals surface area contributed by atoms with Gasteiger partial charge in [0.25, 0.3) is 5.78 Å². The highest BCUT2D eigenvalue weighted by Gasteiger charge is 2.22. The van der Waals surface area contributed by atoms with Gasteiger partial charge in [0, 0.05) is 5.56 Å². The largest absolute Gasteiger partial charge is 0.493 e. The molecule has 0 unspecified atom stereocenters. The van der Waals surface area contributed by atoms with E-state index in [2.05, 4.69) is 6.92 Å². The summed E-state index contributed by atoms with van der Waals surface area (Å²) in [6.45, 7) is 10.8. The summed E-state index contributed by atoms with van der Waals surface area (Å²) < 4.78 is 5.97. The third-order valence-corrected chi connectivity index (χ3v) is 3.59. The van der Waals surface area contributed by atoms with E-state index < -0.39 is 11.8 Å². The van der Waals surface area contributed by atoms with Crippen molar-refractivity contribution < 1.29 is 19.4 Å². The number of carboxylic acid groups (broad SMARTS) is 1. The van der Waals surface area contributed by atoms with Crippen LogP contribution in [0.25, 0.3) is 0 Å². The highest BCUT2D eigenvalue weighted by molar-refractivity contribution is 6.39. The Morgan fingerprint density at radius 3 is 1.95 bits per heavy atom. The summed E-state index contributed by atoms with van der Waals surface area (Å²) >= 11 is 0. The fourth-order valence-corrected chi connectivity index (χ4v) is 2.27. The van der Waals surface area contributed by atoms with Crippen molar-refractivity contribution in [1.29, 1.82) is 0 Å². The second-order valence-corrected chi connectivity index (χ2v) is 6.13. The molecule has 0 aliphatic carbocycles. The molecule has 1 rings (SSSR count). The molecule has 1 N–H and O–H groups in total. The number of aliphatic carboxylic acids is 1. The van der Waals surface area contributed by atoms with Crippen molar-refractivity contribution in [3.05, 3.63) is 28.8 Å². The molecule has 4 nitrogen and oxygen atoms in total. The van der Waals surface area contributed by atoms with Crippen molar-refractivity contribution in [2.75, 3.05) is 6.61 Å². The molecule has 1 aromatic carbocycles. The van der Waals surface area contributed by atoms with Gasteiger partial charge in [-0.05, 0) is 41.5 Å². The minimum Gasteiger partial charge on any atom is -0.493 e. The first-order valence-electron chi connectivity index (χ1n) is 7.87. The third-order valence-electron chi connectivity index (χ3n) is 3.59. The van der Waals surface area contributed by atoms with Gasteiger partial charge < -0.3 is 9.84 Å². The minimum atomic E-state index is -1.43. The fraction of sp³-hybridized carbons (Fsp3) is 0.556. The molecule has 22 heavy (non-hydrogen) atoms. The van der Waals surface area contributed by atoms with Crippen LogP contribution >= 0.6 is 0 Å². The van der Waals surface area contributed by atoms with Gasteiger partial charge in [0.05, 0.1) is 6.61 Å². The summed E-state index contributed by atoms with van der Waals surface area (Å²) in [6, 6.07) is 3.32. The van der Waals surface area contributed by atoms with Crippen LogP contribution in [0.15, 0.2) is 12.1 Å². The lowest BCUT2D eigenvalue weighted by Gasteiger charge is -2.21. The predicted molar refractivity (Wildman–Crippen MR) is 87.0 cm³/mol. The van der Waals surface area contributed by atoms with Crippen molar-refractivity contribution in [3.63, 3.8) is 0 Å². The van der Waals surface area contributed by atoms with Crippen molar-refractivity contribution in [1.82, 2.24) is 0 Å². The van der Waals surface area contributed by atoms with Crippen LogP contribution in [0.2, 0.25) is 0 Å². The summed E-state index contributed by atoms with van der Waals surface area (Å²) in [4.78, 5) is 22.8. The van der Waals surface area contributed by atoms with Crippen LogP contribution in [0.5, 0.6) is 5.75 Å². The van der Waals surface area contributed by atoms with E-state index in [0.717, 1.165) is 29.7 Å². The van der Waals surface area contributed by atoms with Crippen LogP contribution in [0.3, 0.4) is 0 Å². The quantitative estimate of drug-likeness (QED) is 0.440. The van der Waals surface area contributed by atoms with Gasteiger partial charge in [-0.15, -0.1) is 0 Å². The third kappa shape index (κ3) is 4.33. The number of hydrogen-bond acceptors (Lipinski definition) is 3. The summed E-state index contributed by atoms with van der Waals surface area (Å²) in [7, 11) is 0. The van der Waals surface area contributed by atoms with E-state index in [9.17, 15) is 9.59 Å². The molecular weight excluding hydrogens is 280 g/mol. The molecule has 0 amide bonds. The number of rotatable bonds is 8. The second-order valence-electron chi connectivity index (χ2n) is 6.13. The number of carboxylic acids is 1. The van der Waals surface area contributed by atoms with Gasteiger partial charge in [-0.1, -0.05) is 41.0 Å². The van der Waals surface area contributed by atoms with Crippen molar-refractivity contribution in [2.24, 2.45) is 0 Å². The summed E-state index contributed by atoms with van der Waals surface area (Å²) in [5.74, 6) is -1.19. The molecule has 0 bridgehead atoms. The van der Waals surface area contributed by atoms with Crippen LogP contribution < -0.4 is 4.74 Å². The maximum Gasteiger partial charge on any atom is 0.377 e. The average Bonchev–Trinajstić information content (AvgIpc) is 2.45. The molecule has 122 valence electrons. The summed E-state index contributed by atoms with van der Waals surface area (Å²) in [5.41, 5.74) is 2.02. The Labute approximate surface area is 132 Å². The second kappa shape index (κ2) is 7.97. The Morgan fingerprint density at radius 2 is 1.59 bits per heavy atom. The van der Waals surface area contributed by atoms with Gasteiger partial charge in [0.2, 0.25) is 0 Å². The predicted octanol–water partition coefficient (Wildman–Crippen LogP) is 4.38. The molecule has 0 spiro atoms. The van der Waals surface area contributed by atoms with Gasteiger partial charge in [0.15, 0.2) is 0 Å². The number of unbranched alkanes of at least 4 members (excludes halogenated alkanes) is 1. The molecule has 1 aromatic rings. The minimum absolute atomic E-state index is 0.149. The van der Waals surface area contributed by atoms with E-state index >= 15 is 0 Å². The molecule has 0 aliphatic rings. The van der Waals surface area contributed by atoms with E-state index in [4.69, 9.17) is 9.84 Å². The van der Waals surface area contributed by atoms with Gasteiger partial charge in [-0.25, -0.2) is 4.79 Å². The number of carbonyl (C=O) groups is 2. The molecule has 0 atom stereocenters. The van der Waals surface area contributed by atoms with Crippen molar-refractivity contribution in [3.8, 4) is 5.75 Å². The first kappa shape index (κ1) is 18.2. The molecular formula is C18H26O4. The number of carbonyl (C=O) groups excluding carboxylic acids is 1. The molecule has 0 aliphatic heterocycles. The Hall–Kier alpha value is -1.84. The maximum atomic E-state index is 11.8. The molecule has 0 heterocycles. The normalized spacial score (nSPS) is 11.0. The molecule has 0 saturated heterocycles. The molecule has 4 heteroatoms. The SMILES string of the molecule is CCCCOc1c(C(C)C)cc(C(=O)C(=O)O)cc1C(C)C. The number of ether oxygens (including phenoxy) is 1. The van der Waals surface area contributed by atoms with Crippen molar-refractivity contribution in [2.45, 2.75) is 59.3 Å². The Morgan fingerprint density at radius 1 is 1.09 bits per heavy atom.